The second-order valence-corrected chi connectivity index (χ2v) is 10.2. The minimum Gasteiger partial charge on any atom is -0.331 e. The first-order valence-corrected chi connectivity index (χ1v) is 12.8. The number of nitrogens with zero attached hydrogens (tertiary/aromatic N) is 5. The van der Waals surface area contributed by atoms with Crippen LogP contribution in [0.1, 0.15) is 87.3 Å². The van der Waals surface area contributed by atoms with Crippen LogP contribution in [0.15, 0.2) is 0 Å². The van der Waals surface area contributed by atoms with Crippen molar-refractivity contribution in [1.82, 2.24) is 19.8 Å². The number of carbonyl (C=O) groups excluding carboxylic acids is 2. The summed E-state index contributed by atoms with van der Waals surface area (Å²) in [5.41, 5.74) is 2.10. The lowest BCUT2D eigenvalue weighted by atomic mass is 9.88. The molecule has 0 unspecified atom stereocenters. The van der Waals surface area contributed by atoms with Gasteiger partial charge in [-0.1, -0.05) is 19.3 Å². The lowest BCUT2D eigenvalue weighted by molar-refractivity contribution is -0.133. The number of hydrogen-bond donors (Lipinski definition) is 0. The second-order valence-electron chi connectivity index (χ2n) is 10.2. The van der Waals surface area contributed by atoms with Crippen LogP contribution in [-0.4, -0.2) is 64.3 Å². The van der Waals surface area contributed by atoms with Crippen molar-refractivity contribution in [2.24, 2.45) is 5.92 Å². The highest BCUT2D eigenvalue weighted by molar-refractivity contribution is 5.95. The summed E-state index contributed by atoms with van der Waals surface area (Å²) >= 11 is 0. The summed E-state index contributed by atoms with van der Waals surface area (Å²) in [5, 5.41) is 0. The summed E-state index contributed by atoms with van der Waals surface area (Å²) in [6.45, 7) is 6.16. The van der Waals surface area contributed by atoms with Crippen LogP contribution >= 0.6 is 0 Å². The number of aryl methyl sites for hydroxylation is 1. The Kier molecular flexibility index (Phi) is 6.44. The smallest absolute Gasteiger partial charge is 0.237 e. The summed E-state index contributed by atoms with van der Waals surface area (Å²) in [6.07, 6.45) is 11.8. The molecule has 1 atom stereocenters. The first-order chi connectivity index (χ1) is 15.6. The number of anilines is 1. The Bertz CT molecular complexity index is 860. The zero-order chi connectivity index (χ0) is 22.1. The number of fused-ring (bicyclic) bond motifs is 1. The Labute approximate surface area is 191 Å². The largest absolute Gasteiger partial charge is 0.331 e. The molecule has 0 aromatic carbocycles. The topological polar surface area (TPSA) is 69.6 Å². The fourth-order valence-electron chi connectivity index (χ4n) is 6.12. The van der Waals surface area contributed by atoms with Gasteiger partial charge in [-0.15, -0.1) is 0 Å². The molecule has 0 spiro atoms. The molecule has 7 heteroatoms. The van der Waals surface area contributed by atoms with Crippen molar-refractivity contribution < 1.29 is 9.59 Å². The van der Waals surface area contributed by atoms with E-state index in [2.05, 4.69) is 4.90 Å². The molecule has 2 saturated heterocycles. The number of rotatable bonds is 5. The Morgan fingerprint density at radius 1 is 0.938 bits per heavy atom. The van der Waals surface area contributed by atoms with Gasteiger partial charge in [-0.25, -0.2) is 9.97 Å². The van der Waals surface area contributed by atoms with Gasteiger partial charge in [0.25, 0.3) is 0 Å². The average molecular weight is 440 g/mol. The molecule has 2 amide bonds. The normalized spacial score (nSPS) is 24.9. The van der Waals surface area contributed by atoms with Crippen LogP contribution in [0.2, 0.25) is 0 Å². The zero-order valence-electron chi connectivity index (χ0n) is 19.5. The van der Waals surface area contributed by atoms with Gasteiger partial charge in [0.1, 0.15) is 5.82 Å². The highest BCUT2D eigenvalue weighted by Crippen LogP contribution is 2.36. The van der Waals surface area contributed by atoms with Gasteiger partial charge in [0, 0.05) is 30.8 Å². The van der Waals surface area contributed by atoms with Gasteiger partial charge in [-0.05, 0) is 70.9 Å². The van der Waals surface area contributed by atoms with E-state index >= 15 is 0 Å². The number of carbonyl (C=O) groups is 2. The molecule has 4 aliphatic rings. The average Bonchev–Trinajstić information content (AvgIpc) is 3.48. The third kappa shape index (κ3) is 4.41. The molecule has 1 aromatic rings. The minimum absolute atomic E-state index is 0.0670. The van der Waals surface area contributed by atoms with E-state index in [9.17, 15) is 9.59 Å². The van der Waals surface area contributed by atoms with Crippen LogP contribution in [0.5, 0.6) is 0 Å². The zero-order valence-corrected chi connectivity index (χ0v) is 19.5. The molecular formula is C25H37N5O2. The van der Waals surface area contributed by atoms with E-state index < -0.39 is 0 Å². The van der Waals surface area contributed by atoms with Crippen molar-refractivity contribution >= 4 is 17.6 Å². The Morgan fingerprint density at radius 2 is 1.72 bits per heavy atom. The highest BCUT2D eigenvalue weighted by Gasteiger charge is 2.36. The van der Waals surface area contributed by atoms with Crippen molar-refractivity contribution in [2.45, 2.75) is 83.6 Å². The van der Waals surface area contributed by atoms with Gasteiger partial charge in [-0.2, -0.15) is 0 Å². The molecule has 174 valence electrons. The molecule has 7 nitrogen and oxygen atoms in total. The number of likely N-dealkylation sites (tertiary alicyclic amines) is 2. The van der Waals surface area contributed by atoms with E-state index in [1.54, 1.807) is 0 Å². The molecule has 0 radical (unpaired) electrons. The highest BCUT2D eigenvalue weighted by atomic mass is 16.2. The SMILES string of the molecule is Cc1nc([C@@H]2CCCN2C(=O)CN2CCCC2)nc2c1CCC(=O)N2CC1CCCCC1. The summed E-state index contributed by atoms with van der Waals surface area (Å²) in [5.74, 6) is 2.52. The van der Waals surface area contributed by atoms with Crippen LogP contribution in [0.25, 0.3) is 0 Å². The Morgan fingerprint density at radius 3 is 2.50 bits per heavy atom. The van der Waals surface area contributed by atoms with E-state index in [1.165, 1.54) is 44.9 Å². The van der Waals surface area contributed by atoms with Crippen LogP contribution in [-0.2, 0) is 16.0 Å². The number of hydrogen-bond acceptors (Lipinski definition) is 5. The van der Waals surface area contributed by atoms with Crippen LogP contribution in [0.3, 0.4) is 0 Å². The molecule has 32 heavy (non-hydrogen) atoms. The monoisotopic (exact) mass is 439 g/mol. The van der Waals surface area contributed by atoms with Crippen molar-refractivity contribution in [3.05, 3.63) is 17.1 Å². The van der Waals surface area contributed by atoms with Crippen molar-refractivity contribution in [3.8, 4) is 0 Å². The maximum atomic E-state index is 13.1. The van der Waals surface area contributed by atoms with Gasteiger partial charge in [0.15, 0.2) is 5.82 Å². The fourth-order valence-corrected chi connectivity index (χ4v) is 6.12. The van der Waals surface area contributed by atoms with Crippen molar-refractivity contribution in [2.75, 3.05) is 37.6 Å². The second kappa shape index (κ2) is 9.46. The van der Waals surface area contributed by atoms with Gasteiger partial charge in [0.05, 0.1) is 12.6 Å². The Hall–Kier alpha value is -2.02. The molecule has 3 aliphatic heterocycles. The third-order valence-corrected chi connectivity index (χ3v) is 7.95. The molecule has 1 saturated carbocycles. The van der Waals surface area contributed by atoms with E-state index in [4.69, 9.17) is 9.97 Å². The van der Waals surface area contributed by atoms with Crippen molar-refractivity contribution in [1.29, 1.82) is 0 Å². The molecule has 0 N–H and O–H groups in total. The summed E-state index contributed by atoms with van der Waals surface area (Å²) < 4.78 is 0. The minimum atomic E-state index is -0.0670. The molecule has 5 rings (SSSR count). The molecule has 1 aliphatic carbocycles. The first-order valence-electron chi connectivity index (χ1n) is 12.8. The van der Waals surface area contributed by atoms with E-state index in [1.807, 2.05) is 16.7 Å². The van der Waals surface area contributed by atoms with Gasteiger partial charge in [-0.3, -0.25) is 19.4 Å². The quantitative estimate of drug-likeness (QED) is 0.703. The lowest BCUT2D eigenvalue weighted by Gasteiger charge is -2.34. The fraction of sp³-hybridized carbons (Fsp3) is 0.760. The maximum Gasteiger partial charge on any atom is 0.237 e. The van der Waals surface area contributed by atoms with Gasteiger partial charge in [0.2, 0.25) is 11.8 Å². The van der Waals surface area contributed by atoms with Crippen LogP contribution in [0, 0.1) is 12.8 Å². The maximum absolute atomic E-state index is 13.1. The summed E-state index contributed by atoms with van der Waals surface area (Å²) in [6, 6.07) is -0.0670. The molecular weight excluding hydrogens is 402 g/mol. The Balaban J connectivity index is 1.39. The lowest BCUT2D eigenvalue weighted by Crippen LogP contribution is -2.42. The molecule has 1 aromatic heterocycles. The van der Waals surface area contributed by atoms with Crippen LogP contribution in [0.4, 0.5) is 5.82 Å². The standard InChI is InChI=1S/C25H37N5O2/c1-18-20-11-12-22(31)30(16-19-8-3-2-4-9-19)25(20)27-24(26-18)21-10-7-15-29(21)23(32)17-28-13-5-6-14-28/h19,21H,2-17H2,1H3/t21-/m0/s1. The summed E-state index contributed by atoms with van der Waals surface area (Å²) in [4.78, 5) is 42.1. The predicted octanol–water partition coefficient (Wildman–Crippen LogP) is 3.40. The van der Waals surface area contributed by atoms with Gasteiger partial charge >= 0.3 is 0 Å². The van der Waals surface area contributed by atoms with Gasteiger partial charge < -0.3 is 4.90 Å². The first kappa shape index (κ1) is 21.8. The van der Waals surface area contributed by atoms with Crippen LogP contribution < -0.4 is 4.90 Å². The predicted molar refractivity (Wildman–Crippen MR) is 123 cm³/mol. The third-order valence-electron chi connectivity index (χ3n) is 7.95. The van der Waals surface area contributed by atoms with E-state index in [-0.39, 0.29) is 17.9 Å². The van der Waals surface area contributed by atoms with E-state index in [0.29, 0.717) is 18.9 Å². The molecule has 0 bridgehead atoms. The number of aromatic nitrogens is 2. The molecule has 4 heterocycles. The van der Waals surface area contributed by atoms with E-state index in [0.717, 1.165) is 68.3 Å². The summed E-state index contributed by atoms with van der Waals surface area (Å²) in [7, 11) is 0. The molecule has 3 fully saturated rings. The number of amides is 2. The van der Waals surface area contributed by atoms with Crippen molar-refractivity contribution in [3.63, 3.8) is 0 Å².